The van der Waals surface area contributed by atoms with Gasteiger partial charge in [-0.15, -0.1) is 4.83 Å². The molecule has 0 aliphatic carbocycles. The second kappa shape index (κ2) is 7.04. The van der Waals surface area contributed by atoms with Crippen LogP contribution in [0.1, 0.15) is 36.7 Å². The van der Waals surface area contributed by atoms with Crippen LogP contribution in [0.4, 0.5) is 0 Å². The lowest BCUT2D eigenvalue weighted by atomic mass is 9.87. The van der Waals surface area contributed by atoms with E-state index in [1.165, 1.54) is 12.1 Å². The van der Waals surface area contributed by atoms with Crippen molar-refractivity contribution in [2.24, 2.45) is 0 Å². The summed E-state index contributed by atoms with van der Waals surface area (Å²) in [5.74, 6) is -0.519. The van der Waals surface area contributed by atoms with E-state index in [2.05, 4.69) is 47.0 Å². The third-order valence-corrected chi connectivity index (χ3v) is 5.16. The van der Waals surface area contributed by atoms with Crippen LogP contribution in [0.25, 0.3) is 0 Å². The maximum Gasteiger partial charge on any atom is 0.266 e. The van der Waals surface area contributed by atoms with Gasteiger partial charge in [0.05, 0.1) is 4.90 Å². The topological polar surface area (TPSA) is 75.3 Å². The Hall–Kier alpha value is -1.70. The van der Waals surface area contributed by atoms with Gasteiger partial charge in [-0.3, -0.25) is 10.2 Å². The molecule has 2 aromatic rings. The van der Waals surface area contributed by atoms with Gasteiger partial charge in [0, 0.05) is 10.0 Å². The smallest absolute Gasteiger partial charge is 0.266 e. The Morgan fingerprint density at radius 3 is 2.21 bits per heavy atom. The Morgan fingerprint density at radius 2 is 1.67 bits per heavy atom. The number of nitrogens with one attached hydrogen (secondary N) is 2. The van der Waals surface area contributed by atoms with E-state index in [1.807, 2.05) is 12.1 Å². The monoisotopic (exact) mass is 410 g/mol. The molecular weight excluding hydrogens is 392 g/mol. The number of halogens is 1. The second-order valence-electron chi connectivity index (χ2n) is 6.34. The molecule has 0 bridgehead atoms. The average molecular weight is 411 g/mol. The third kappa shape index (κ3) is 4.66. The zero-order valence-electron chi connectivity index (χ0n) is 13.6. The molecule has 0 atom stereocenters. The summed E-state index contributed by atoms with van der Waals surface area (Å²) >= 11 is 3.21. The molecule has 24 heavy (non-hydrogen) atoms. The van der Waals surface area contributed by atoms with E-state index in [4.69, 9.17) is 0 Å². The highest BCUT2D eigenvalue weighted by Gasteiger charge is 2.17. The molecule has 7 heteroatoms. The van der Waals surface area contributed by atoms with Crippen LogP contribution in [0, 0.1) is 0 Å². The van der Waals surface area contributed by atoms with Crippen molar-refractivity contribution in [3.63, 3.8) is 0 Å². The van der Waals surface area contributed by atoms with Crippen molar-refractivity contribution in [2.45, 2.75) is 31.1 Å². The van der Waals surface area contributed by atoms with Crippen LogP contribution < -0.4 is 10.3 Å². The molecule has 0 fully saturated rings. The predicted molar refractivity (Wildman–Crippen MR) is 97.1 cm³/mol. The van der Waals surface area contributed by atoms with Crippen LogP contribution in [0.5, 0.6) is 0 Å². The number of carbonyl (C=O) groups excluding carboxylic acids is 1. The molecule has 0 saturated heterocycles. The van der Waals surface area contributed by atoms with Gasteiger partial charge in [-0.1, -0.05) is 54.9 Å². The average Bonchev–Trinajstić information content (AvgIpc) is 2.52. The molecule has 2 N–H and O–H groups in total. The molecule has 2 aromatic carbocycles. The molecule has 0 heterocycles. The van der Waals surface area contributed by atoms with Crippen LogP contribution >= 0.6 is 15.9 Å². The molecule has 0 aliphatic rings. The van der Waals surface area contributed by atoms with Crippen molar-refractivity contribution >= 4 is 31.9 Å². The summed E-state index contributed by atoms with van der Waals surface area (Å²) in [7, 11) is -3.83. The van der Waals surface area contributed by atoms with E-state index >= 15 is 0 Å². The SMILES string of the molecule is CC(C)(C)c1ccc(C(=O)NNS(=O)(=O)c2cccc(Br)c2)cc1. The summed E-state index contributed by atoms with van der Waals surface area (Å²) < 4.78 is 25.0. The number of hydrogen-bond donors (Lipinski definition) is 2. The predicted octanol–water partition coefficient (Wildman–Crippen LogP) is 3.37. The molecule has 0 saturated carbocycles. The fourth-order valence-corrected chi connectivity index (χ4v) is 3.44. The number of benzene rings is 2. The van der Waals surface area contributed by atoms with E-state index in [0.717, 1.165) is 5.56 Å². The van der Waals surface area contributed by atoms with Crippen LogP contribution in [0.15, 0.2) is 57.9 Å². The Kier molecular flexibility index (Phi) is 5.47. The first-order valence-electron chi connectivity index (χ1n) is 7.28. The Morgan fingerprint density at radius 1 is 1.04 bits per heavy atom. The summed E-state index contributed by atoms with van der Waals surface area (Å²) in [4.78, 5) is 14.3. The number of rotatable bonds is 4. The summed E-state index contributed by atoms with van der Waals surface area (Å²) in [6.07, 6.45) is 0. The van der Waals surface area contributed by atoms with Gasteiger partial charge in [0.15, 0.2) is 0 Å². The largest absolute Gasteiger partial charge is 0.273 e. The maximum absolute atomic E-state index is 12.2. The highest BCUT2D eigenvalue weighted by atomic mass is 79.9. The van der Waals surface area contributed by atoms with Crippen molar-refractivity contribution in [3.8, 4) is 0 Å². The fraction of sp³-hybridized carbons (Fsp3) is 0.235. The molecule has 0 aliphatic heterocycles. The van der Waals surface area contributed by atoms with E-state index < -0.39 is 15.9 Å². The Balaban J connectivity index is 2.07. The van der Waals surface area contributed by atoms with E-state index in [0.29, 0.717) is 10.0 Å². The van der Waals surface area contributed by atoms with E-state index in [1.54, 1.807) is 24.3 Å². The molecule has 128 valence electrons. The Labute approximate surface area is 150 Å². The molecular formula is C17H19BrN2O3S. The quantitative estimate of drug-likeness (QED) is 0.758. The van der Waals surface area contributed by atoms with Crippen LogP contribution in [-0.2, 0) is 15.4 Å². The number of hydrogen-bond acceptors (Lipinski definition) is 3. The number of sulfonamides is 1. The lowest BCUT2D eigenvalue weighted by Gasteiger charge is -2.19. The summed E-state index contributed by atoms with van der Waals surface area (Å²) in [5.41, 5.74) is 3.67. The molecule has 2 rings (SSSR count). The van der Waals surface area contributed by atoms with Crippen molar-refractivity contribution in [1.29, 1.82) is 0 Å². The molecule has 5 nitrogen and oxygen atoms in total. The third-order valence-electron chi connectivity index (χ3n) is 3.42. The van der Waals surface area contributed by atoms with Crippen molar-refractivity contribution in [3.05, 3.63) is 64.1 Å². The van der Waals surface area contributed by atoms with E-state index in [9.17, 15) is 13.2 Å². The first-order valence-corrected chi connectivity index (χ1v) is 9.55. The molecule has 0 aromatic heterocycles. The van der Waals surface area contributed by atoms with Crippen LogP contribution in [-0.4, -0.2) is 14.3 Å². The number of hydrazine groups is 1. The van der Waals surface area contributed by atoms with Crippen LogP contribution in [0.2, 0.25) is 0 Å². The summed E-state index contributed by atoms with van der Waals surface area (Å²) in [6.45, 7) is 6.23. The first kappa shape index (κ1) is 18.6. The minimum Gasteiger partial charge on any atom is -0.273 e. The van der Waals surface area contributed by atoms with Gasteiger partial charge in [0.2, 0.25) is 0 Å². The van der Waals surface area contributed by atoms with Crippen molar-refractivity contribution < 1.29 is 13.2 Å². The molecule has 1 amide bonds. The highest BCUT2D eigenvalue weighted by Crippen LogP contribution is 2.22. The molecule has 0 spiro atoms. The zero-order chi connectivity index (χ0) is 18.0. The normalized spacial score (nSPS) is 12.0. The minimum atomic E-state index is -3.83. The Bertz CT molecular complexity index is 841. The van der Waals surface area contributed by atoms with Gasteiger partial charge in [0.1, 0.15) is 0 Å². The number of amides is 1. The second-order valence-corrected chi connectivity index (χ2v) is 8.94. The van der Waals surface area contributed by atoms with Gasteiger partial charge in [0.25, 0.3) is 15.9 Å². The summed E-state index contributed by atoms with van der Waals surface area (Å²) in [5, 5.41) is 0. The van der Waals surface area contributed by atoms with E-state index in [-0.39, 0.29) is 10.3 Å². The standard InChI is InChI=1S/C17H19BrN2O3S/c1-17(2,3)13-9-7-12(8-10-13)16(21)19-20-24(22,23)15-6-4-5-14(18)11-15/h4-11,20H,1-3H3,(H,19,21). The van der Waals surface area contributed by atoms with Gasteiger partial charge in [-0.05, 0) is 41.3 Å². The highest BCUT2D eigenvalue weighted by molar-refractivity contribution is 9.10. The van der Waals surface area contributed by atoms with Gasteiger partial charge < -0.3 is 0 Å². The first-order chi connectivity index (χ1) is 11.1. The van der Waals surface area contributed by atoms with Gasteiger partial charge in [-0.25, -0.2) is 8.42 Å². The lowest BCUT2D eigenvalue weighted by Crippen LogP contribution is -2.41. The molecule has 0 unspecified atom stereocenters. The van der Waals surface area contributed by atoms with Gasteiger partial charge >= 0.3 is 0 Å². The minimum absolute atomic E-state index is 0.0166. The molecule has 0 radical (unpaired) electrons. The van der Waals surface area contributed by atoms with Gasteiger partial charge in [-0.2, -0.15) is 0 Å². The lowest BCUT2D eigenvalue weighted by molar-refractivity contribution is 0.0945. The zero-order valence-corrected chi connectivity index (χ0v) is 16.0. The van der Waals surface area contributed by atoms with Crippen molar-refractivity contribution in [2.75, 3.05) is 0 Å². The fourth-order valence-electron chi connectivity index (χ4n) is 2.00. The summed E-state index contributed by atoms with van der Waals surface area (Å²) in [6, 6.07) is 13.3. The number of carbonyl (C=O) groups is 1. The maximum atomic E-state index is 12.2. The van der Waals surface area contributed by atoms with Crippen molar-refractivity contribution in [1.82, 2.24) is 10.3 Å². The van der Waals surface area contributed by atoms with Crippen LogP contribution in [0.3, 0.4) is 0 Å².